The van der Waals surface area contributed by atoms with Gasteiger partial charge in [0.05, 0.1) is 18.3 Å². The molecule has 0 radical (unpaired) electrons. The first-order valence-electron chi connectivity index (χ1n) is 23.0. The lowest BCUT2D eigenvalue weighted by Gasteiger charge is -2.26. The molecule has 8 bridgehead atoms. The molecule has 18 nitrogen and oxygen atoms in total. The van der Waals surface area contributed by atoms with Crippen LogP contribution in [0, 0.1) is 0 Å². The molecule has 2 fully saturated rings. The molecule has 5 amide bonds. The number of carbonyl (C=O) groups excluding carboxylic acids is 5. The predicted molar refractivity (Wildman–Crippen MR) is 266 cm³/mol. The summed E-state index contributed by atoms with van der Waals surface area (Å²) >= 11 is 0. The number of aromatic nitrogens is 2. The first kappa shape index (κ1) is 46.5. The van der Waals surface area contributed by atoms with Crippen molar-refractivity contribution in [1.29, 1.82) is 0 Å². The molecule has 5 N–H and O–H groups in total. The minimum Gasteiger partial charge on any atom is -0.484 e. The van der Waals surface area contributed by atoms with Crippen molar-refractivity contribution in [3.8, 4) is 28.4 Å². The first-order valence-corrected chi connectivity index (χ1v) is 24.9. The molecule has 0 spiro atoms. The molecular weight excluding hydrogens is 927 g/mol. The first-order chi connectivity index (χ1) is 34.5. The van der Waals surface area contributed by atoms with E-state index in [4.69, 9.17) is 27.5 Å². The van der Waals surface area contributed by atoms with Crippen molar-refractivity contribution in [3.63, 3.8) is 0 Å². The Kier molecular flexibility index (Phi) is 13.1. The van der Waals surface area contributed by atoms with Crippen LogP contribution < -0.4 is 40.8 Å². The summed E-state index contributed by atoms with van der Waals surface area (Å²) in [6, 6.07) is 36.9. The second-order valence-electron chi connectivity index (χ2n) is 17.1. The fraction of sp³-hybridized carbons (Fsp3) is 0.212. The van der Waals surface area contributed by atoms with Crippen LogP contribution in [0.3, 0.4) is 0 Å². The van der Waals surface area contributed by atoms with Gasteiger partial charge in [-0.15, -0.1) is 0 Å². The van der Waals surface area contributed by atoms with Crippen LogP contribution in [-0.4, -0.2) is 93.0 Å². The van der Waals surface area contributed by atoms with Gasteiger partial charge in [0.15, 0.2) is 19.8 Å². The van der Waals surface area contributed by atoms with E-state index in [1.165, 1.54) is 30.3 Å². The van der Waals surface area contributed by atoms with Crippen molar-refractivity contribution >= 4 is 83.2 Å². The number of nitrogens with one attached hydrogen (secondary N) is 5. The second-order valence-corrected chi connectivity index (χ2v) is 19.7. The molecule has 2 aromatic heterocycles. The average molecular weight is 974 g/mol. The van der Waals surface area contributed by atoms with Gasteiger partial charge in [-0.25, -0.2) is 9.97 Å². The van der Waals surface area contributed by atoms with Gasteiger partial charge in [-0.1, -0.05) is 72.8 Å². The topological polar surface area (TPSA) is 227 Å². The van der Waals surface area contributed by atoms with E-state index in [2.05, 4.69) is 36.6 Å². The largest absolute Gasteiger partial charge is 0.502 e. The van der Waals surface area contributed by atoms with E-state index in [-0.39, 0.29) is 58.5 Å². The van der Waals surface area contributed by atoms with Gasteiger partial charge in [0.1, 0.15) is 40.5 Å². The fourth-order valence-corrected chi connectivity index (χ4v) is 12.2. The smallest absolute Gasteiger partial charge is 0.484 e. The fourth-order valence-electron chi connectivity index (χ4n) is 8.85. The summed E-state index contributed by atoms with van der Waals surface area (Å²) in [5.74, 6) is -1.68. The summed E-state index contributed by atoms with van der Waals surface area (Å²) in [7, 11) is -2.77. The molecule has 360 valence electrons. The number of rotatable bonds is 7. The quantitative estimate of drug-likeness (QED) is 0.0779. The van der Waals surface area contributed by atoms with Gasteiger partial charge in [-0.2, -0.15) is 0 Å². The van der Waals surface area contributed by atoms with Crippen molar-refractivity contribution < 1.29 is 51.5 Å². The van der Waals surface area contributed by atoms with E-state index in [1.54, 1.807) is 36.4 Å². The standard InChI is InChI=1S/C52H47N7O11Si/c1-30-50-31(2)69-71(68-30,70-50)23-9-22-53-45(60)27-65-36-25-34-24-35(26-36)52(64)59-44-17-8-15-42(55-44)57-47(62)29-67-40-21-19-33-11-4-6-13-38(33)49(40)48-37-12-5-3-10-32(37)18-20-39(48)66-28-46(61)56-41-14-7-16-43(54-41)58-51(34)63/h3-8,10-21,24-26,30-31,50H,9,22-23,27-29H2,1-2H3,(H,53,60)(H2,54,56,58,61,63)(H2,55,57,59,62,64)/t30-,31+,50?,71?. The lowest BCUT2D eigenvalue weighted by molar-refractivity contribution is -0.123. The summed E-state index contributed by atoms with van der Waals surface area (Å²) in [5, 5.41) is 17.2. The van der Waals surface area contributed by atoms with Crippen LogP contribution in [-0.2, 0) is 27.7 Å². The highest BCUT2D eigenvalue weighted by Gasteiger charge is 2.60. The third kappa shape index (κ3) is 10.4. The van der Waals surface area contributed by atoms with Crippen LogP contribution in [0.4, 0.5) is 23.3 Å². The zero-order valence-electron chi connectivity index (χ0n) is 38.5. The molecule has 0 saturated carbocycles. The number of anilines is 4. The van der Waals surface area contributed by atoms with Gasteiger partial charge in [-0.3, -0.25) is 24.0 Å². The minimum atomic E-state index is -2.77. The number of ether oxygens (including phenoxy) is 3. The van der Waals surface area contributed by atoms with Gasteiger partial charge >= 0.3 is 8.80 Å². The normalized spacial score (nSPS) is 20.1. The molecule has 2 saturated heterocycles. The molecule has 5 aromatic carbocycles. The summed E-state index contributed by atoms with van der Waals surface area (Å²) in [5.41, 5.74) is 1.26. The Bertz CT molecular complexity index is 3050. The minimum absolute atomic E-state index is 0.0174. The number of benzene rings is 5. The molecule has 5 heterocycles. The van der Waals surface area contributed by atoms with E-state index >= 15 is 0 Å². The SMILES string of the molecule is C[C@@H]1O[Si]2(CCCNC(=O)COc3cc4cc(c3)C(=O)Nc3cccc(n3)NC(=O)COc3ccc5ccccc5c3-c3c(ccc5ccccc35)OCC(=O)Nc3cccc(n3)NC4=O)OC1[C@@H](C)O2. The molecule has 0 aliphatic carbocycles. The molecule has 3 aliphatic rings. The highest BCUT2D eigenvalue weighted by atomic mass is 28.4. The molecule has 3 aliphatic heterocycles. The van der Waals surface area contributed by atoms with E-state index in [0.717, 1.165) is 21.5 Å². The van der Waals surface area contributed by atoms with Gasteiger partial charge in [-0.05, 0) is 96.4 Å². The highest BCUT2D eigenvalue weighted by Crippen LogP contribution is 2.46. The Labute approximate surface area is 407 Å². The van der Waals surface area contributed by atoms with Crippen molar-refractivity contribution in [2.24, 2.45) is 0 Å². The maximum Gasteiger partial charge on any atom is 0.502 e. The summed E-state index contributed by atoms with van der Waals surface area (Å²) in [4.78, 5) is 76.8. The maximum absolute atomic E-state index is 13.9. The van der Waals surface area contributed by atoms with Crippen molar-refractivity contribution in [2.75, 3.05) is 47.6 Å². The number of hydrogen-bond donors (Lipinski definition) is 5. The van der Waals surface area contributed by atoms with Crippen LogP contribution in [0.5, 0.6) is 17.2 Å². The second kappa shape index (κ2) is 20.0. The summed E-state index contributed by atoms with van der Waals surface area (Å²) in [6.07, 6.45) is 0.398. The molecular formula is C52H47N7O11Si. The summed E-state index contributed by atoms with van der Waals surface area (Å²) in [6.45, 7) is 2.97. The van der Waals surface area contributed by atoms with Crippen LogP contribution in [0.25, 0.3) is 32.7 Å². The maximum atomic E-state index is 13.9. The third-order valence-electron chi connectivity index (χ3n) is 12.0. The number of carbonyl (C=O) groups is 5. The number of nitrogens with zero attached hydrogens (tertiary/aromatic N) is 2. The Hall–Kier alpha value is -8.23. The Morgan fingerprint density at radius 1 is 0.620 bits per heavy atom. The molecule has 4 atom stereocenters. The van der Waals surface area contributed by atoms with Crippen LogP contribution >= 0.6 is 0 Å². The van der Waals surface area contributed by atoms with Crippen molar-refractivity contribution in [1.82, 2.24) is 15.3 Å². The number of amides is 5. The zero-order chi connectivity index (χ0) is 49.1. The van der Waals surface area contributed by atoms with E-state index < -0.39 is 58.2 Å². The van der Waals surface area contributed by atoms with Gasteiger partial charge in [0.2, 0.25) is 0 Å². The van der Waals surface area contributed by atoms with Gasteiger partial charge in [0.25, 0.3) is 29.5 Å². The third-order valence-corrected chi connectivity index (χ3v) is 15.1. The van der Waals surface area contributed by atoms with Crippen molar-refractivity contribution in [2.45, 2.75) is 44.6 Å². The van der Waals surface area contributed by atoms with Crippen molar-refractivity contribution in [3.05, 3.63) is 139 Å². The number of fused-ring (bicyclic) bond motifs is 15. The van der Waals surface area contributed by atoms with Gasteiger partial charge < -0.3 is 54.1 Å². The Morgan fingerprint density at radius 3 is 1.62 bits per heavy atom. The van der Waals surface area contributed by atoms with E-state index in [9.17, 15) is 24.0 Å². The van der Waals surface area contributed by atoms with Crippen LogP contribution in [0.15, 0.2) is 127 Å². The highest BCUT2D eigenvalue weighted by molar-refractivity contribution is 6.62. The van der Waals surface area contributed by atoms with Crippen LogP contribution in [0.2, 0.25) is 6.04 Å². The van der Waals surface area contributed by atoms with E-state index in [1.807, 2.05) is 74.5 Å². The lowest BCUT2D eigenvalue weighted by Crippen LogP contribution is -2.44. The number of hydrogen-bond acceptors (Lipinski definition) is 13. The zero-order valence-corrected chi connectivity index (χ0v) is 39.5. The van der Waals surface area contributed by atoms with Gasteiger partial charge in [0, 0.05) is 34.8 Å². The predicted octanol–water partition coefficient (Wildman–Crippen LogP) is 7.35. The molecule has 7 aromatic rings. The Morgan fingerprint density at radius 2 is 1.11 bits per heavy atom. The van der Waals surface area contributed by atoms with Crippen LogP contribution in [0.1, 0.15) is 41.0 Å². The number of pyridine rings is 2. The molecule has 10 rings (SSSR count). The molecule has 19 heteroatoms. The van der Waals surface area contributed by atoms with E-state index in [0.29, 0.717) is 41.6 Å². The molecule has 71 heavy (non-hydrogen) atoms. The Balaban J connectivity index is 0.919. The summed E-state index contributed by atoms with van der Waals surface area (Å²) < 4.78 is 36.6. The monoisotopic (exact) mass is 973 g/mol. The molecule has 2 unspecified atom stereocenters. The lowest BCUT2D eigenvalue weighted by atomic mass is 9.92. The average Bonchev–Trinajstić information content (AvgIpc) is 3.88.